The van der Waals surface area contributed by atoms with E-state index in [1.165, 1.54) is 5.56 Å². The highest BCUT2D eigenvalue weighted by Gasteiger charge is 2.28. The van der Waals surface area contributed by atoms with Gasteiger partial charge in [0.15, 0.2) is 0 Å². The molecule has 124 valence electrons. The van der Waals surface area contributed by atoms with Gasteiger partial charge in [0.2, 0.25) is 0 Å². The Morgan fingerprint density at radius 1 is 1.08 bits per heavy atom. The van der Waals surface area contributed by atoms with E-state index < -0.39 is 0 Å². The first-order chi connectivity index (χ1) is 11.4. The van der Waals surface area contributed by atoms with Crippen LogP contribution >= 0.6 is 11.6 Å². The van der Waals surface area contributed by atoms with Crippen LogP contribution in [-0.4, -0.2) is 12.6 Å². The fourth-order valence-electron chi connectivity index (χ4n) is 3.02. The smallest absolute Gasteiger partial charge is 0.338 e. The molecule has 0 aliphatic carbocycles. The van der Waals surface area contributed by atoms with Crippen LogP contribution in [0.15, 0.2) is 48.5 Å². The normalized spacial score (nSPS) is 16.5. The molecule has 0 radical (unpaired) electrons. The predicted molar refractivity (Wildman–Crippen MR) is 99.0 cm³/mol. The van der Waals surface area contributed by atoms with Crippen molar-refractivity contribution in [3.8, 4) is 11.1 Å². The number of aryl methyl sites for hydroxylation is 1. The van der Waals surface area contributed by atoms with E-state index in [9.17, 15) is 4.79 Å². The summed E-state index contributed by atoms with van der Waals surface area (Å²) >= 11 is 6.41. The molecule has 2 aromatic rings. The maximum absolute atomic E-state index is 12.1. The number of halogens is 1. The lowest BCUT2D eigenvalue weighted by Gasteiger charge is -2.26. The predicted octanol–water partition coefficient (Wildman–Crippen LogP) is 5.54. The molecular weight excluding hydrogens is 320 g/mol. The van der Waals surface area contributed by atoms with Gasteiger partial charge in [0.1, 0.15) is 6.61 Å². The largest absolute Gasteiger partial charge is 0.461 e. The van der Waals surface area contributed by atoms with E-state index in [4.69, 9.17) is 16.3 Å². The average Bonchev–Trinajstić information content (AvgIpc) is 2.57. The van der Waals surface area contributed by atoms with Crippen LogP contribution in [0.3, 0.4) is 0 Å². The molecule has 3 rings (SSSR count). The Bertz CT molecular complexity index is 801. The molecule has 0 unspecified atom stereocenters. The minimum absolute atomic E-state index is 0.139. The second-order valence-electron chi connectivity index (χ2n) is 6.83. The van der Waals surface area contributed by atoms with Gasteiger partial charge in [-0.3, -0.25) is 0 Å². The lowest BCUT2D eigenvalue weighted by atomic mass is 9.87. The van der Waals surface area contributed by atoms with Gasteiger partial charge in [0.05, 0.1) is 5.57 Å². The highest BCUT2D eigenvalue weighted by Crippen LogP contribution is 2.34. The standard InChI is InChI=1S/C21H21ClO2/c1-4-14-6-5-7-18(22)19(14)16-10-8-15(9-11-16)17-12-21(2,3)13-24-20(17)23/h5-12H,4,13H2,1-3H3. The molecule has 1 aliphatic rings. The molecule has 1 aliphatic heterocycles. The molecule has 24 heavy (non-hydrogen) atoms. The van der Waals surface area contributed by atoms with Crippen molar-refractivity contribution in [2.75, 3.05) is 6.61 Å². The number of carbonyl (C=O) groups excluding carboxylic acids is 1. The third kappa shape index (κ3) is 3.25. The van der Waals surface area contributed by atoms with Crippen LogP contribution in [-0.2, 0) is 16.0 Å². The monoisotopic (exact) mass is 340 g/mol. The van der Waals surface area contributed by atoms with Crippen LogP contribution in [0.4, 0.5) is 0 Å². The number of hydrogen-bond acceptors (Lipinski definition) is 2. The molecule has 3 heteroatoms. The van der Waals surface area contributed by atoms with Gasteiger partial charge in [0, 0.05) is 16.0 Å². The van der Waals surface area contributed by atoms with Gasteiger partial charge in [-0.05, 0) is 29.2 Å². The lowest BCUT2D eigenvalue weighted by Crippen LogP contribution is -2.26. The first kappa shape index (κ1) is 16.8. The van der Waals surface area contributed by atoms with Crippen molar-refractivity contribution in [2.45, 2.75) is 27.2 Å². The van der Waals surface area contributed by atoms with Gasteiger partial charge in [-0.15, -0.1) is 0 Å². The third-order valence-electron chi connectivity index (χ3n) is 4.30. The van der Waals surface area contributed by atoms with E-state index in [1.807, 2.05) is 42.5 Å². The highest BCUT2D eigenvalue weighted by atomic mass is 35.5. The number of hydrogen-bond donors (Lipinski definition) is 0. The van der Waals surface area contributed by atoms with Gasteiger partial charge in [-0.1, -0.05) is 74.8 Å². The van der Waals surface area contributed by atoms with Crippen LogP contribution in [0.2, 0.25) is 5.02 Å². The molecule has 0 saturated carbocycles. The van der Waals surface area contributed by atoms with E-state index in [-0.39, 0.29) is 11.4 Å². The molecule has 0 spiro atoms. The molecule has 2 nitrogen and oxygen atoms in total. The maximum Gasteiger partial charge on any atom is 0.338 e. The number of ether oxygens (including phenoxy) is 1. The van der Waals surface area contributed by atoms with Crippen LogP contribution < -0.4 is 0 Å². The number of esters is 1. The topological polar surface area (TPSA) is 26.3 Å². The summed E-state index contributed by atoms with van der Waals surface area (Å²) < 4.78 is 5.30. The Labute approximate surface area is 148 Å². The Hall–Kier alpha value is -2.06. The van der Waals surface area contributed by atoms with Gasteiger partial charge in [-0.25, -0.2) is 4.79 Å². The number of rotatable bonds is 3. The van der Waals surface area contributed by atoms with Crippen LogP contribution in [0.1, 0.15) is 31.9 Å². The van der Waals surface area contributed by atoms with Gasteiger partial charge < -0.3 is 4.74 Å². The molecule has 0 aromatic heterocycles. The zero-order valence-electron chi connectivity index (χ0n) is 14.2. The summed E-state index contributed by atoms with van der Waals surface area (Å²) in [5, 5.41) is 0.750. The highest BCUT2D eigenvalue weighted by molar-refractivity contribution is 6.33. The summed E-state index contributed by atoms with van der Waals surface area (Å²) in [5.41, 5.74) is 4.71. The summed E-state index contributed by atoms with van der Waals surface area (Å²) in [5.74, 6) is -0.255. The Morgan fingerprint density at radius 2 is 1.75 bits per heavy atom. The first-order valence-electron chi connectivity index (χ1n) is 8.19. The zero-order chi connectivity index (χ0) is 17.3. The van der Waals surface area contributed by atoms with Crippen molar-refractivity contribution in [2.24, 2.45) is 5.41 Å². The van der Waals surface area contributed by atoms with Crippen molar-refractivity contribution in [1.82, 2.24) is 0 Å². The Balaban J connectivity index is 2.01. The summed E-state index contributed by atoms with van der Waals surface area (Å²) in [6, 6.07) is 14.0. The van der Waals surface area contributed by atoms with Crippen molar-refractivity contribution in [1.29, 1.82) is 0 Å². The van der Waals surface area contributed by atoms with Crippen LogP contribution in [0, 0.1) is 5.41 Å². The van der Waals surface area contributed by atoms with E-state index in [2.05, 4.69) is 26.8 Å². The second kappa shape index (κ2) is 6.45. The molecule has 0 fully saturated rings. The fraction of sp³-hybridized carbons (Fsp3) is 0.286. The zero-order valence-corrected chi connectivity index (χ0v) is 15.0. The second-order valence-corrected chi connectivity index (χ2v) is 7.23. The van der Waals surface area contributed by atoms with Crippen molar-refractivity contribution < 1.29 is 9.53 Å². The molecule has 1 heterocycles. The number of cyclic esters (lactones) is 1. The van der Waals surface area contributed by atoms with Crippen LogP contribution in [0.25, 0.3) is 16.7 Å². The van der Waals surface area contributed by atoms with E-state index in [1.54, 1.807) is 0 Å². The quantitative estimate of drug-likeness (QED) is 0.686. The van der Waals surface area contributed by atoms with E-state index >= 15 is 0 Å². The van der Waals surface area contributed by atoms with Crippen LogP contribution in [0.5, 0.6) is 0 Å². The molecule has 0 N–H and O–H groups in total. The van der Waals surface area contributed by atoms with E-state index in [0.717, 1.165) is 28.1 Å². The summed E-state index contributed by atoms with van der Waals surface area (Å²) in [6.07, 6.45) is 2.92. The Morgan fingerprint density at radius 3 is 2.42 bits per heavy atom. The maximum atomic E-state index is 12.1. The summed E-state index contributed by atoms with van der Waals surface area (Å²) in [6.45, 7) is 6.66. The number of benzene rings is 2. The van der Waals surface area contributed by atoms with Gasteiger partial charge >= 0.3 is 5.97 Å². The minimum atomic E-state index is -0.255. The molecule has 0 amide bonds. The molecule has 0 atom stereocenters. The fourth-order valence-corrected chi connectivity index (χ4v) is 3.33. The Kier molecular flexibility index (Phi) is 4.51. The summed E-state index contributed by atoms with van der Waals surface area (Å²) in [7, 11) is 0. The SMILES string of the molecule is CCc1cccc(Cl)c1-c1ccc(C2=CC(C)(C)COC2=O)cc1. The summed E-state index contributed by atoms with van der Waals surface area (Å²) in [4.78, 5) is 12.1. The molecule has 0 bridgehead atoms. The van der Waals surface area contributed by atoms with E-state index in [0.29, 0.717) is 12.2 Å². The third-order valence-corrected chi connectivity index (χ3v) is 4.61. The molecule has 2 aromatic carbocycles. The van der Waals surface area contributed by atoms with Crippen molar-refractivity contribution >= 4 is 23.1 Å². The van der Waals surface area contributed by atoms with Crippen molar-refractivity contribution in [3.05, 3.63) is 64.7 Å². The average molecular weight is 341 g/mol. The van der Waals surface area contributed by atoms with Gasteiger partial charge in [0.25, 0.3) is 0 Å². The lowest BCUT2D eigenvalue weighted by molar-refractivity contribution is -0.140. The first-order valence-corrected chi connectivity index (χ1v) is 8.57. The molecular formula is C21H21ClO2. The number of carbonyl (C=O) groups is 1. The minimum Gasteiger partial charge on any atom is -0.461 e. The molecule has 0 saturated heterocycles. The van der Waals surface area contributed by atoms with Crippen molar-refractivity contribution in [3.63, 3.8) is 0 Å². The van der Waals surface area contributed by atoms with Gasteiger partial charge in [-0.2, -0.15) is 0 Å².